The number of methoxy groups -OCH3 is 1. The molecular formula is C16H21ClN2O3S. The van der Waals surface area contributed by atoms with Crippen LogP contribution in [0.25, 0.3) is 10.9 Å². The molecule has 0 bridgehead atoms. The Bertz CT molecular complexity index is 706. The van der Waals surface area contributed by atoms with Crippen molar-refractivity contribution in [1.82, 2.24) is 9.55 Å². The SMILES string of the molecule is CCOCCSc1nc2cc(Cl)ccc2c(=O)n1CCCOC. The molecule has 1 aromatic carbocycles. The van der Waals surface area contributed by atoms with Crippen molar-refractivity contribution in [1.29, 1.82) is 0 Å². The molecule has 0 aliphatic rings. The van der Waals surface area contributed by atoms with Crippen LogP contribution in [-0.2, 0) is 16.0 Å². The van der Waals surface area contributed by atoms with E-state index in [1.807, 2.05) is 6.92 Å². The Morgan fingerprint density at radius 1 is 1.35 bits per heavy atom. The summed E-state index contributed by atoms with van der Waals surface area (Å²) < 4.78 is 12.1. The monoisotopic (exact) mass is 356 g/mol. The van der Waals surface area contributed by atoms with Crippen molar-refractivity contribution in [2.75, 3.05) is 32.7 Å². The lowest BCUT2D eigenvalue weighted by Crippen LogP contribution is -2.24. The zero-order valence-corrected chi connectivity index (χ0v) is 15.0. The van der Waals surface area contributed by atoms with E-state index in [1.165, 1.54) is 11.8 Å². The maximum atomic E-state index is 12.7. The second-order valence-corrected chi connectivity index (χ2v) is 6.40. The Morgan fingerprint density at radius 3 is 2.91 bits per heavy atom. The van der Waals surface area contributed by atoms with Crippen molar-refractivity contribution in [3.63, 3.8) is 0 Å². The van der Waals surface area contributed by atoms with Crippen LogP contribution in [0.3, 0.4) is 0 Å². The lowest BCUT2D eigenvalue weighted by Gasteiger charge is -2.13. The predicted molar refractivity (Wildman–Crippen MR) is 94.7 cm³/mol. The van der Waals surface area contributed by atoms with Crippen LogP contribution in [0.1, 0.15) is 13.3 Å². The average Bonchev–Trinajstić information content (AvgIpc) is 2.54. The smallest absolute Gasteiger partial charge is 0.262 e. The second kappa shape index (κ2) is 9.27. The summed E-state index contributed by atoms with van der Waals surface area (Å²) in [4.78, 5) is 17.4. The zero-order valence-electron chi connectivity index (χ0n) is 13.4. The summed E-state index contributed by atoms with van der Waals surface area (Å²) >= 11 is 7.54. The highest BCUT2D eigenvalue weighted by Crippen LogP contribution is 2.20. The van der Waals surface area contributed by atoms with Crippen molar-refractivity contribution in [3.05, 3.63) is 33.6 Å². The van der Waals surface area contributed by atoms with E-state index < -0.39 is 0 Å². The van der Waals surface area contributed by atoms with Crippen molar-refractivity contribution in [2.24, 2.45) is 0 Å². The molecule has 5 nitrogen and oxygen atoms in total. The number of fused-ring (bicyclic) bond motifs is 1. The number of ether oxygens (including phenoxy) is 2. The lowest BCUT2D eigenvalue weighted by atomic mass is 10.2. The van der Waals surface area contributed by atoms with E-state index in [9.17, 15) is 4.79 Å². The van der Waals surface area contributed by atoms with Crippen molar-refractivity contribution in [2.45, 2.75) is 25.0 Å². The first-order chi connectivity index (χ1) is 11.2. The lowest BCUT2D eigenvalue weighted by molar-refractivity contribution is 0.164. The van der Waals surface area contributed by atoms with Gasteiger partial charge in [-0.05, 0) is 31.5 Å². The standard InChI is InChI=1S/C16H21ClN2O3S/c1-3-22-9-10-23-16-18-14-11-12(17)5-6-13(14)15(20)19(16)7-4-8-21-2/h5-6,11H,3-4,7-10H2,1-2H3. The van der Waals surface area contributed by atoms with Crippen molar-refractivity contribution in [3.8, 4) is 0 Å². The molecule has 0 N–H and O–H groups in total. The number of aromatic nitrogens is 2. The predicted octanol–water partition coefficient (Wildman–Crippen LogP) is 3.22. The molecule has 126 valence electrons. The Morgan fingerprint density at radius 2 is 2.17 bits per heavy atom. The van der Waals surface area contributed by atoms with Crippen LogP contribution in [0.4, 0.5) is 0 Å². The van der Waals surface area contributed by atoms with Crippen LogP contribution in [0.2, 0.25) is 5.02 Å². The fourth-order valence-electron chi connectivity index (χ4n) is 2.18. The molecule has 23 heavy (non-hydrogen) atoms. The maximum Gasteiger partial charge on any atom is 0.262 e. The normalized spacial score (nSPS) is 11.3. The third-order valence-electron chi connectivity index (χ3n) is 3.28. The van der Waals surface area contributed by atoms with E-state index in [0.29, 0.717) is 47.4 Å². The summed E-state index contributed by atoms with van der Waals surface area (Å²) in [6.07, 6.45) is 0.760. The van der Waals surface area contributed by atoms with E-state index in [0.717, 1.165) is 12.2 Å². The van der Waals surface area contributed by atoms with Gasteiger partial charge in [0.1, 0.15) is 0 Å². The number of nitrogens with zero attached hydrogens (tertiary/aromatic N) is 2. The first kappa shape index (κ1) is 18.3. The van der Waals surface area contributed by atoms with Gasteiger partial charge in [0.2, 0.25) is 0 Å². The molecule has 0 aliphatic heterocycles. The van der Waals surface area contributed by atoms with Crippen molar-refractivity contribution >= 4 is 34.3 Å². The molecule has 1 heterocycles. The Labute approximate surface area is 144 Å². The number of hydrogen-bond acceptors (Lipinski definition) is 5. The molecule has 0 saturated carbocycles. The summed E-state index contributed by atoms with van der Waals surface area (Å²) in [5.74, 6) is 0.747. The van der Waals surface area contributed by atoms with Crippen molar-refractivity contribution < 1.29 is 9.47 Å². The summed E-state index contributed by atoms with van der Waals surface area (Å²) in [5, 5.41) is 1.85. The Balaban J connectivity index is 2.34. The van der Waals surface area contributed by atoms with Gasteiger partial charge in [0.05, 0.1) is 17.5 Å². The van der Waals surface area contributed by atoms with Crippen LogP contribution >= 0.6 is 23.4 Å². The van der Waals surface area contributed by atoms with Gasteiger partial charge in [-0.15, -0.1) is 0 Å². The molecule has 0 amide bonds. The number of thioether (sulfide) groups is 1. The van der Waals surface area contributed by atoms with Gasteiger partial charge >= 0.3 is 0 Å². The van der Waals surface area contributed by atoms with Crippen LogP contribution in [0.5, 0.6) is 0 Å². The highest BCUT2D eigenvalue weighted by atomic mass is 35.5. The minimum atomic E-state index is -0.0401. The molecule has 1 aromatic heterocycles. The maximum absolute atomic E-state index is 12.7. The first-order valence-electron chi connectivity index (χ1n) is 7.57. The molecule has 0 atom stereocenters. The molecule has 2 rings (SSSR count). The van der Waals surface area contributed by atoms with E-state index in [1.54, 1.807) is 29.9 Å². The fourth-order valence-corrected chi connectivity index (χ4v) is 3.23. The number of hydrogen-bond donors (Lipinski definition) is 0. The summed E-state index contributed by atoms with van der Waals surface area (Å²) in [5.41, 5.74) is 0.589. The third-order valence-corrected chi connectivity index (χ3v) is 4.45. The Hall–Kier alpha value is -1.08. The van der Waals surface area contributed by atoms with Crippen LogP contribution in [0.15, 0.2) is 28.2 Å². The molecule has 0 aliphatic carbocycles. The molecule has 0 unspecified atom stereocenters. The topological polar surface area (TPSA) is 53.3 Å². The van der Waals surface area contributed by atoms with Crippen LogP contribution in [-0.4, -0.2) is 42.2 Å². The van der Waals surface area contributed by atoms with Gasteiger partial charge in [-0.3, -0.25) is 9.36 Å². The minimum absolute atomic E-state index is 0.0401. The summed E-state index contributed by atoms with van der Waals surface area (Å²) in [7, 11) is 1.65. The summed E-state index contributed by atoms with van der Waals surface area (Å²) in [6.45, 7) is 4.45. The third kappa shape index (κ3) is 4.94. The quantitative estimate of drug-likeness (QED) is 0.392. The zero-order chi connectivity index (χ0) is 16.7. The molecule has 0 fully saturated rings. The van der Waals surface area contributed by atoms with Gasteiger partial charge in [-0.2, -0.15) is 0 Å². The Kier molecular flexibility index (Phi) is 7.36. The van der Waals surface area contributed by atoms with E-state index in [2.05, 4.69) is 4.98 Å². The highest BCUT2D eigenvalue weighted by Gasteiger charge is 2.12. The van der Waals surface area contributed by atoms with Gasteiger partial charge in [-0.25, -0.2) is 4.98 Å². The van der Waals surface area contributed by atoms with Crippen LogP contribution in [0, 0.1) is 0 Å². The minimum Gasteiger partial charge on any atom is -0.385 e. The molecule has 0 saturated heterocycles. The molecule has 0 radical (unpaired) electrons. The fraction of sp³-hybridized carbons (Fsp3) is 0.500. The molecule has 0 spiro atoms. The second-order valence-electron chi connectivity index (χ2n) is 4.90. The van der Waals surface area contributed by atoms with E-state index >= 15 is 0 Å². The molecule has 2 aromatic rings. The van der Waals surface area contributed by atoms with Gasteiger partial charge in [0.15, 0.2) is 5.16 Å². The first-order valence-corrected chi connectivity index (χ1v) is 8.93. The highest BCUT2D eigenvalue weighted by molar-refractivity contribution is 7.99. The summed E-state index contributed by atoms with van der Waals surface area (Å²) in [6, 6.07) is 5.17. The average molecular weight is 357 g/mol. The number of rotatable bonds is 9. The van der Waals surface area contributed by atoms with Gasteiger partial charge < -0.3 is 9.47 Å². The van der Waals surface area contributed by atoms with Gasteiger partial charge in [-0.1, -0.05) is 23.4 Å². The van der Waals surface area contributed by atoms with Crippen LogP contribution < -0.4 is 5.56 Å². The van der Waals surface area contributed by atoms with Gasteiger partial charge in [0.25, 0.3) is 5.56 Å². The van der Waals surface area contributed by atoms with Gasteiger partial charge in [0, 0.05) is 37.6 Å². The molecular weight excluding hydrogens is 336 g/mol. The van der Waals surface area contributed by atoms with E-state index in [4.69, 9.17) is 21.1 Å². The molecule has 7 heteroatoms. The number of halogens is 1. The number of benzene rings is 1. The largest absolute Gasteiger partial charge is 0.385 e. The van der Waals surface area contributed by atoms with E-state index in [-0.39, 0.29) is 5.56 Å².